The van der Waals surface area contributed by atoms with E-state index in [1.165, 1.54) is 25.7 Å². The molecular formula is C16H24N2O2S. The van der Waals surface area contributed by atoms with Crippen LogP contribution in [0.15, 0.2) is 10.9 Å². The normalized spacial score (nSPS) is 26.7. The average molecular weight is 308 g/mol. The summed E-state index contributed by atoms with van der Waals surface area (Å²) in [5, 5.41) is 5.27. The maximum absolute atomic E-state index is 12.2. The highest BCUT2D eigenvalue weighted by atomic mass is 32.1. The quantitative estimate of drug-likeness (QED) is 0.879. The number of rotatable bonds is 6. The lowest BCUT2D eigenvalue weighted by atomic mass is 9.60. The van der Waals surface area contributed by atoms with Crippen LogP contribution in [0.25, 0.3) is 0 Å². The zero-order chi connectivity index (χ0) is 14.7. The van der Waals surface area contributed by atoms with E-state index in [0.717, 1.165) is 25.1 Å². The Morgan fingerprint density at radius 2 is 2.33 bits per heavy atom. The van der Waals surface area contributed by atoms with Gasteiger partial charge in [0.1, 0.15) is 0 Å². The second-order valence-electron chi connectivity index (χ2n) is 6.22. The molecule has 0 aromatic carbocycles. The largest absolute Gasteiger partial charge is 0.378 e. The fraction of sp³-hybridized carbons (Fsp3) is 0.750. The van der Waals surface area contributed by atoms with Crippen molar-refractivity contribution in [1.82, 2.24) is 10.3 Å². The van der Waals surface area contributed by atoms with E-state index in [-0.39, 0.29) is 11.3 Å². The predicted molar refractivity (Wildman–Crippen MR) is 83.3 cm³/mol. The molecular weight excluding hydrogens is 284 g/mol. The lowest BCUT2D eigenvalue weighted by molar-refractivity contribution is -0.144. The van der Waals surface area contributed by atoms with Crippen molar-refractivity contribution in [2.24, 2.45) is 5.41 Å². The standard InChI is InChI=1S/C16H24N2O2S/c1-2-20-14-9-13(16(14)7-3-4-8-16)18-15(19)6-5-12-10-21-11-17-12/h10-11,13-14H,2-9H2,1H3,(H,18,19)/t13-,14-/m0/s1. The number of carbonyl (C=O) groups is 1. The Hall–Kier alpha value is -0.940. The highest BCUT2D eigenvalue weighted by Gasteiger charge is 2.57. The van der Waals surface area contributed by atoms with Crippen LogP contribution in [0.1, 0.15) is 51.1 Å². The molecule has 2 atom stereocenters. The Balaban J connectivity index is 1.51. The first-order valence-corrected chi connectivity index (χ1v) is 8.97. The highest BCUT2D eigenvalue weighted by Crippen LogP contribution is 2.54. The molecule has 0 aliphatic heterocycles. The van der Waals surface area contributed by atoms with Gasteiger partial charge in [0, 0.05) is 29.9 Å². The molecule has 21 heavy (non-hydrogen) atoms. The van der Waals surface area contributed by atoms with Gasteiger partial charge in [0.25, 0.3) is 0 Å². The molecule has 2 aliphatic carbocycles. The molecule has 2 aliphatic rings. The first kappa shape index (κ1) is 15.0. The third-order valence-electron chi connectivity index (χ3n) is 5.11. The van der Waals surface area contributed by atoms with E-state index in [9.17, 15) is 4.79 Å². The van der Waals surface area contributed by atoms with Crippen molar-refractivity contribution in [1.29, 1.82) is 0 Å². The number of hydrogen-bond acceptors (Lipinski definition) is 4. The van der Waals surface area contributed by atoms with Crippen LogP contribution in [-0.2, 0) is 16.0 Å². The van der Waals surface area contributed by atoms with E-state index in [4.69, 9.17) is 4.74 Å². The van der Waals surface area contributed by atoms with Gasteiger partial charge in [-0.05, 0) is 32.6 Å². The summed E-state index contributed by atoms with van der Waals surface area (Å²) in [5.41, 5.74) is 3.07. The predicted octanol–water partition coefficient (Wildman–Crippen LogP) is 2.93. The molecule has 1 aromatic heterocycles. The molecule has 1 spiro atoms. The van der Waals surface area contributed by atoms with Crippen molar-refractivity contribution in [2.75, 3.05) is 6.61 Å². The van der Waals surface area contributed by atoms with E-state index in [2.05, 4.69) is 17.2 Å². The zero-order valence-electron chi connectivity index (χ0n) is 12.6. The summed E-state index contributed by atoms with van der Waals surface area (Å²) < 4.78 is 5.89. The SMILES string of the molecule is CCO[C@H]1C[C@H](NC(=O)CCc2cscn2)C12CCCC2. The van der Waals surface area contributed by atoms with Gasteiger partial charge in [-0.25, -0.2) is 4.98 Å². The molecule has 1 N–H and O–H groups in total. The van der Waals surface area contributed by atoms with Crippen LogP contribution in [0.5, 0.6) is 0 Å². The summed E-state index contributed by atoms with van der Waals surface area (Å²) in [7, 11) is 0. The molecule has 5 heteroatoms. The molecule has 1 heterocycles. The molecule has 2 fully saturated rings. The van der Waals surface area contributed by atoms with Crippen molar-refractivity contribution < 1.29 is 9.53 Å². The zero-order valence-corrected chi connectivity index (χ0v) is 13.5. The van der Waals surface area contributed by atoms with E-state index < -0.39 is 0 Å². The Morgan fingerprint density at radius 3 is 3.00 bits per heavy atom. The molecule has 3 rings (SSSR count). The number of hydrogen-bond donors (Lipinski definition) is 1. The van der Waals surface area contributed by atoms with Gasteiger partial charge in [0.15, 0.2) is 0 Å². The third kappa shape index (κ3) is 2.99. The molecule has 1 amide bonds. The Labute approximate surface area is 130 Å². The maximum atomic E-state index is 12.2. The molecule has 116 valence electrons. The van der Waals surface area contributed by atoms with Crippen LogP contribution >= 0.6 is 11.3 Å². The molecule has 0 bridgehead atoms. The summed E-state index contributed by atoms with van der Waals surface area (Å²) in [4.78, 5) is 16.4. The number of nitrogens with zero attached hydrogens (tertiary/aromatic N) is 1. The molecule has 4 nitrogen and oxygen atoms in total. The van der Waals surface area contributed by atoms with Gasteiger partial charge >= 0.3 is 0 Å². The van der Waals surface area contributed by atoms with Crippen LogP contribution < -0.4 is 5.32 Å². The number of nitrogens with one attached hydrogen (secondary N) is 1. The van der Waals surface area contributed by atoms with Crippen molar-refractivity contribution in [2.45, 2.75) is 64.0 Å². The van der Waals surface area contributed by atoms with Crippen LogP contribution in [-0.4, -0.2) is 29.6 Å². The Bertz CT molecular complexity index is 469. The van der Waals surface area contributed by atoms with Crippen molar-refractivity contribution in [3.63, 3.8) is 0 Å². The second kappa shape index (κ2) is 6.44. The van der Waals surface area contributed by atoms with E-state index in [1.807, 2.05) is 10.9 Å². The fourth-order valence-electron chi connectivity index (χ4n) is 3.96. The summed E-state index contributed by atoms with van der Waals surface area (Å²) in [5.74, 6) is 0.161. The van der Waals surface area contributed by atoms with E-state index >= 15 is 0 Å². The van der Waals surface area contributed by atoms with E-state index in [1.54, 1.807) is 11.3 Å². The molecule has 0 radical (unpaired) electrons. The summed E-state index contributed by atoms with van der Waals surface area (Å²) >= 11 is 1.58. The van der Waals surface area contributed by atoms with Crippen LogP contribution in [0.2, 0.25) is 0 Å². The van der Waals surface area contributed by atoms with Crippen LogP contribution in [0.4, 0.5) is 0 Å². The number of carbonyl (C=O) groups excluding carboxylic acids is 1. The first-order chi connectivity index (χ1) is 10.2. The van der Waals surface area contributed by atoms with E-state index in [0.29, 0.717) is 18.6 Å². The molecule has 2 saturated carbocycles. The smallest absolute Gasteiger partial charge is 0.220 e. The van der Waals surface area contributed by atoms with Crippen LogP contribution in [0.3, 0.4) is 0 Å². The third-order valence-corrected chi connectivity index (χ3v) is 5.75. The first-order valence-electron chi connectivity index (χ1n) is 8.02. The number of amides is 1. The fourth-order valence-corrected chi connectivity index (χ4v) is 4.55. The number of aryl methyl sites for hydroxylation is 1. The summed E-state index contributed by atoms with van der Waals surface area (Å²) in [6.07, 6.45) is 7.57. The van der Waals surface area contributed by atoms with Gasteiger partial charge in [-0.3, -0.25) is 4.79 Å². The summed E-state index contributed by atoms with van der Waals surface area (Å²) in [6.45, 7) is 2.83. The summed E-state index contributed by atoms with van der Waals surface area (Å²) in [6, 6.07) is 0.319. The van der Waals surface area contributed by atoms with Crippen LogP contribution in [0, 0.1) is 5.41 Å². The minimum absolute atomic E-state index is 0.161. The number of aromatic nitrogens is 1. The van der Waals surface area contributed by atoms with Gasteiger partial charge in [-0.1, -0.05) is 12.8 Å². The molecule has 1 aromatic rings. The second-order valence-corrected chi connectivity index (χ2v) is 6.94. The number of thiazole rings is 1. The molecule has 0 saturated heterocycles. The highest BCUT2D eigenvalue weighted by molar-refractivity contribution is 7.07. The van der Waals surface area contributed by atoms with Crippen molar-refractivity contribution in [3.8, 4) is 0 Å². The monoisotopic (exact) mass is 308 g/mol. The minimum Gasteiger partial charge on any atom is -0.378 e. The van der Waals surface area contributed by atoms with Gasteiger partial charge < -0.3 is 10.1 Å². The van der Waals surface area contributed by atoms with Gasteiger partial charge in [-0.2, -0.15) is 0 Å². The average Bonchev–Trinajstić information content (AvgIpc) is 3.16. The Morgan fingerprint density at radius 1 is 1.52 bits per heavy atom. The van der Waals surface area contributed by atoms with Crippen molar-refractivity contribution >= 4 is 17.2 Å². The molecule has 0 unspecified atom stereocenters. The topological polar surface area (TPSA) is 51.2 Å². The van der Waals surface area contributed by atoms with Gasteiger partial charge in [-0.15, -0.1) is 11.3 Å². The van der Waals surface area contributed by atoms with Gasteiger partial charge in [0.05, 0.1) is 17.3 Å². The maximum Gasteiger partial charge on any atom is 0.220 e. The number of ether oxygens (including phenoxy) is 1. The lowest BCUT2D eigenvalue weighted by Crippen LogP contribution is -2.63. The van der Waals surface area contributed by atoms with Gasteiger partial charge in [0.2, 0.25) is 5.91 Å². The Kier molecular flexibility index (Phi) is 4.60. The lowest BCUT2D eigenvalue weighted by Gasteiger charge is -2.54. The minimum atomic E-state index is 0.161. The van der Waals surface area contributed by atoms with Crippen molar-refractivity contribution in [3.05, 3.63) is 16.6 Å².